The summed E-state index contributed by atoms with van der Waals surface area (Å²) in [5.74, 6) is 0. The van der Waals surface area contributed by atoms with Crippen LogP contribution < -0.4 is 10.2 Å². The number of hydrogen-bond acceptors (Lipinski definition) is 3. The van der Waals surface area contributed by atoms with Gasteiger partial charge in [-0.3, -0.25) is 0 Å². The second-order valence-corrected chi connectivity index (χ2v) is 12.9. The molecule has 0 saturated heterocycles. The zero-order valence-corrected chi connectivity index (χ0v) is 26.0. The molecule has 0 spiro atoms. The van der Waals surface area contributed by atoms with E-state index in [0.29, 0.717) is 0 Å². The molecule has 0 bridgehead atoms. The molecule has 8 aromatic rings. The molecule has 0 radical (unpaired) electrons. The summed E-state index contributed by atoms with van der Waals surface area (Å²) in [4.78, 5) is 3.75. The number of nitrogens with one attached hydrogen (secondary N) is 1. The number of hydrogen-bond donors (Lipinski definition) is 1. The van der Waals surface area contributed by atoms with Gasteiger partial charge in [0, 0.05) is 28.2 Å². The third-order valence-corrected chi connectivity index (χ3v) is 10.4. The maximum Gasteiger partial charge on any atom is 0.0640 e. The van der Waals surface area contributed by atoms with E-state index in [1.807, 2.05) is 11.3 Å². The Kier molecular flexibility index (Phi) is 6.43. The molecule has 3 heteroatoms. The fourth-order valence-corrected chi connectivity index (χ4v) is 8.13. The first-order valence-electron chi connectivity index (χ1n) is 15.7. The van der Waals surface area contributed by atoms with Crippen molar-refractivity contribution >= 4 is 66.1 Å². The highest BCUT2D eigenvalue weighted by molar-refractivity contribution is 7.20. The Morgan fingerprint density at radius 2 is 1.15 bits per heavy atom. The molecule has 0 fully saturated rings. The Morgan fingerprint density at radius 1 is 0.522 bits per heavy atom. The summed E-state index contributed by atoms with van der Waals surface area (Å²) in [6.45, 7) is 0.857. The molecule has 2 heterocycles. The summed E-state index contributed by atoms with van der Waals surface area (Å²) in [5, 5.41) is 9.85. The van der Waals surface area contributed by atoms with Crippen LogP contribution in [0.2, 0.25) is 0 Å². The van der Waals surface area contributed by atoms with Gasteiger partial charge in [0.15, 0.2) is 0 Å². The molecule has 218 valence electrons. The van der Waals surface area contributed by atoms with Gasteiger partial charge in [0.05, 0.1) is 10.4 Å². The number of nitrogens with zero attached hydrogens (tertiary/aromatic N) is 1. The SMILES string of the molecule is C1=Cc2sc3c(N(c4ccc(-c5ccccc5)cc4)c4ccc(-c5cc6ccccc6c6ccccc56)cc4)cccc3c2CN1. The molecular formula is C43H30N2S. The first-order chi connectivity index (χ1) is 22.8. The molecular weight excluding hydrogens is 577 g/mol. The molecule has 7 aromatic carbocycles. The average Bonchev–Trinajstić information content (AvgIpc) is 3.52. The number of thiophene rings is 1. The predicted molar refractivity (Wildman–Crippen MR) is 198 cm³/mol. The van der Waals surface area contributed by atoms with E-state index in [-0.39, 0.29) is 0 Å². The van der Waals surface area contributed by atoms with Gasteiger partial charge >= 0.3 is 0 Å². The van der Waals surface area contributed by atoms with Crippen molar-refractivity contribution in [2.24, 2.45) is 0 Å². The molecule has 0 amide bonds. The Labute approximate surface area is 272 Å². The topological polar surface area (TPSA) is 15.3 Å². The highest BCUT2D eigenvalue weighted by Gasteiger charge is 2.21. The Bertz CT molecular complexity index is 2400. The van der Waals surface area contributed by atoms with Gasteiger partial charge in [-0.15, -0.1) is 11.3 Å². The standard InChI is InChI=1S/C43H30N2S/c1-2-9-29(10-3-1)30-17-21-33(22-18-30)45(41-16-8-15-38-40-28-44-26-25-42(40)46-43(38)41)34-23-19-31(20-24-34)39-27-32-11-4-5-12-35(32)36-13-6-7-14-37(36)39/h1-27,44H,28H2. The second kappa shape index (κ2) is 11.1. The number of fused-ring (bicyclic) bond motifs is 6. The van der Waals surface area contributed by atoms with E-state index >= 15 is 0 Å². The summed E-state index contributed by atoms with van der Waals surface area (Å²) in [6.07, 6.45) is 4.27. The maximum absolute atomic E-state index is 3.41. The van der Waals surface area contributed by atoms with Crippen LogP contribution in [0.15, 0.2) is 158 Å². The summed E-state index contributed by atoms with van der Waals surface area (Å²) >= 11 is 1.88. The monoisotopic (exact) mass is 606 g/mol. The lowest BCUT2D eigenvalue weighted by Crippen LogP contribution is -2.10. The number of anilines is 3. The van der Waals surface area contributed by atoms with Gasteiger partial charge in [0.2, 0.25) is 0 Å². The van der Waals surface area contributed by atoms with Crippen molar-refractivity contribution in [3.05, 3.63) is 168 Å². The molecule has 0 unspecified atom stereocenters. The Hall–Kier alpha value is -5.64. The van der Waals surface area contributed by atoms with Crippen molar-refractivity contribution in [1.82, 2.24) is 5.32 Å². The predicted octanol–water partition coefficient (Wildman–Crippen LogP) is 12.1. The first kappa shape index (κ1) is 26.7. The fraction of sp³-hybridized carbons (Fsp3) is 0.0233. The lowest BCUT2D eigenvalue weighted by molar-refractivity contribution is 0.871. The zero-order valence-electron chi connectivity index (χ0n) is 25.2. The molecule has 1 aliphatic rings. The van der Waals surface area contributed by atoms with Crippen LogP contribution in [0.25, 0.3) is 60.0 Å². The van der Waals surface area contributed by atoms with Crippen LogP contribution in [0, 0.1) is 0 Å². The smallest absolute Gasteiger partial charge is 0.0640 e. The van der Waals surface area contributed by atoms with Crippen molar-refractivity contribution in [3.63, 3.8) is 0 Å². The molecule has 2 nitrogen and oxygen atoms in total. The van der Waals surface area contributed by atoms with Crippen LogP contribution in [-0.2, 0) is 6.54 Å². The minimum Gasteiger partial charge on any atom is -0.387 e. The summed E-state index contributed by atoms with van der Waals surface area (Å²) in [6, 6.07) is 55.2. The van der Waals surface area contributed by atoms with Gasteiger partial charge < -0.3 is 10.2 Å². The molecule has 46 heavy (non-hydrogen) atoms. The molecule has 9 rings (SSSR count). The quantitative estimate of drug-likeness (QED) is 0.196. The summed E-state index contributed by atoms with van der Waals surface area (Å²) in [5.41, 5.74) is 9.75. The Morgan fingerprint density at radius 3 is 1.93 bits per heavy atom. The molecule has 0 aliphatic carbocycles. The first-order valence-corrected chi connectivity index (χ1v) is 16.5. The van der Waals surface area contributed by atoms with Crippen molar-refractivity contribution in [1.29, 1.82) is 0 Å². The largest absolute Gasteiger partial charge is 0.387 e. The molecule has 1 aliphatic heterocycles. The minimum atomic E-state index is 0.857. The number of benzene rings is 7. The van der Waals surface area contributed by atoms with E-state index in [4.69, 9.17) is 0 Å². The highest BCUT2D eigenvalue weighted by atomic mass is 32.1. The Balaban J connectivity index is 1.20. The average molecular weight is 607 g/mol. The van der Waals surface area contributed by atoms with Crippen molar-refractivity contribution in [2.45, 2.75) is 6.54 Å². The van der Waals surface area contributed by atoms with Crippen LogP contribution in [0.1, 0.15) is 10.4 Å². The normalized spacial score (nSPS) is 12.3. The van der Waals surface area contributed by atoms with E-state index in [9.17, 15) is 0 Å². The molecule has 0 atom stereocenters. The second-order valence-electron chi connectivity index (χ2n) is 11.8. The lowest BCUT2D eigenvalue weighted by atomic mass is 9.93. The van der Waals surface area contributed by atoms with E-state index in [1.165, 1.54) is 70.0 Å². The van der Waals surface area contributed by atoms with Gasteiger partial charge in [-0.05, 0) is 98.0 Å². The maximum atomic E-state index is 3.41. The highest BCUT2D eigenvalue weighted by Crippen LogP contribution is 2.45. The summed E-state index contributed by atoms with van der Waals surface area (Å²) < 4.78 is 1.30. The van der Waals surface area contributed by atoms with Gasteiger partial charge in [0.25, 0.3) is 0 Å². The van der Waals surface area contributed by atoms with Gasteiger partial charge in [-0.2, -0.15) is 0 Å². The molecule has 0 saturated carbocycles. The summed E-state index contributed by atoms with van der Waals surface area (Å²) in [7, 11) is 0. The lowest BCUT2D eigenvalue weighted by Gasteiger charge is -2.26. The van der Waals surface area contributed by atoms with E-state index in [0.717, 1.165) is 17.9 Å². The fourth-order valence-electron chi connectivity index (χ4n) is 6.91. The zero-order chi connectivity index (χ0) is 30.5. The van der Waals surface area contributed by atoms with Crippen molar-refractivity contribution in [2.75, 3.05) is 4.90 Å². The number of rotatable bonds is 5. The van der Waals surface area contributed by atoms with E-state index < -0.39 is 0 Å². The molecule has 1 N–H and O–H groups in total. The minimum absolute atomic E-state index is 0.857. The third-order valence-electron chi connectivity index (χ3n) is 9.14. The van der Waals surface area contributed by atoms with Crippen LogP contribution in [-0.4, -0.2) is 0 Å². The van der Waals surface area contributed by atoms with Gasteiger partial charge in [0.1, 0.15) is 0 Å². The van der Waals surface area contributed by atoms with Crippen molar-refractivity contribution < 1.29 is 0 Å². The van der Waals surface area contributed by atoms with Crippen LogP contribution in [0.3, 0.4) is 0 Å². The van der Waals surface area contributed by atoms with Gasteiger partial charge in [-0.25, -0.2) is 0 Å². The molecule has 1 aromatic heterocycles. The third kappa shape index (κ3) is 4.48. The van der Waals surface area contributed by atoms with Crippen LogP contribution >= 0.6 is 11.3 Å². The van der Waals surface area contributed by atoms with Crippen LogP contribution in [0.4, 0.5) is 17.1 Å². The van der Waals surface area contributed by atoms with Gasteiger partial charge in [-0.1, -0.05) is 115 Å². The van der Waals surface area contributed by atoms with Crippen LogP contribution in [0.5, 0.6) is 0 Å². The van der Waals surface area contributed by atoms with Crippen molar-refractivity contribution in [3.8, 4) is 22.3 Å². The van der Waals surface area contributed by atoms with E-state index in [2.05, 4.69) is 174 Å². The van der Waals surface area contributed by atoms with E-state index in [1.54, 1.807) is 0 Å².